The van der Waals surface area contributed by atoms with E-state index in [1.807, 2.05) is 0 Å². The van der Waals surface area contributed by atoms with Crippen LogP contribution in [0.15, 0.2) is 6.20 Å². The van der Waals surface area contributed by atoms with E-state index in [-0.39, 0.29) is 18.0 Å². The molecule has 1 unspecified atom stereocenters. The summed E-state index contributed by atoms with van der Waals surface area (Å²) in [6, 6.07) is 0. The first-order valence-electron chi connectivity index (χ1n) is 4.40. The van der Waals surface area contributed by atoms with Crippen molar-refractivity contribution in [2.45, 2.75) is 19.3 Å². The van der Waals surface area contributed by atoms with E-state index in [4.69, 9.17) is 10.2 Å². The molecule has 1 rings (SSSR count). The minimum absolute atomic E-state index is 0.0775. The van der Waals surface area contributed by atoms with Crippen molar-refractivity contribution in [3.05, 3.63) is 17.5 Å². The summed E-state index contributed by atoms with van der Waals surface area (Å²) in [5.41, 5.74) is 0.374. The first-order valence-corrected chi connectivity index (χ1v) is 4.40. The van der Waals surface area contributed by atoms with Gasteiger partial charge in [-0.25, -0.2) is 4.79 Å². The number of aromatic carboxylic acids is 1. The molecule has 0 aliphatic rings. The summed E-state index contributed by atoms with van der Waals surface area (Å²) in [5.74, 6) is -2.45. The summed E-state index contributed by atoms with van der Waals surface area (Å²) < 4.78 is 1.37. The second-order valence-electron chi connectivity index (χ2n) is 3.41. The monoisotopic (exact) mass is 212 g/mol. The highest BCUT2D eigenvalue weighted by Gasteiger charge is 2.21. The molecule has 0 radical (unpaired) electrons. The molecule has 6 heteroatoms. The fraction of sp³-hybridized carbons (Fsp3) is 0.444. The van der Waals surface area contributed by atoms with Gasteiger partial charge in [0.2, 0.25) is 0 Å². The lowest BCUT2D eigenvalue weighted by Crippen LogP contribution is -2.07. The predicted octanol–water partition coefficient (Wildman–Crippen LogP) is 0.697. The molecule has 0 bridgehead atoms. The Labute approximate surface area is 86.1 Å². The lowest BCUT2D eigenvalue weighted by molar-refractivity contribution is -0.137. The third kappa shape index (κ3) is 2.55. The number of carbonyl (C=O) groups is 2. The van der Waals surface area contributed by atoms with Gasteiger partial charge in [0.25, 0.3) is 0 Å². The molecular weight excluding hydrogens is 200 g/mol. The highest BCUT2D eigenvalue weighted by Crippen LogP contribution is 2.21. The topological polar surface area (TPSA) is 92.4 Å². The fourth-order valence-electron chi connectivity index (χ4n) is 1.41. The van der Waals surface area contributed by atoms with E-state index in [9.17, 15) is 9.59 Å². The lowest BCUT2D eigenvalue weighted by Gasteiger charge is -2.06. The molecule has 1 atom stereocenters. The molecule has 0 saturated heterocycles. The maximum atomic E-state index is 10.8. The number of rotatable bonds is 4. The third-order valence-electron chi connectivity index (χ3n) is 2.07. The molecule has 0 saturated carbocycles. The molecule has 1 aromatic heterocycles. The van der Waals surface area contributed by atoms with Gasteiger partial charge in [-0.1, -0.05) is 6.92 Å². The summed E-state index contributed by atoms with van der Waals surface area (Å²) in [5, 5.41) is 21.2. The van der Waals surface area contributed by atoms with Gasteiger partial charge in [0.1, 0.15) is 0 Å². The summed E-state index contributed by atoms with van der Waals surface area (Å²) in [6.07, 6.45) is 1.43. The highest BCUT2D eigenvalue weighted by molar-refractivity contribution is 5.87. The van der Waals surface area contributed by atoms with Crippen molar-refractivity contribution in [3.8, 4) is 0 Å². The summed E-state index contributed by atoms with van der Waals surface area (Å²) >= 11 is 0. The van der Waals surface area contributed by atoms with Gasteiger partial charge in [-0.15, -0.1) is 0 Å². The second-order valence-corrected chi connectivity index (χ2v) is 3.41. The first-order chi connectivity index (χ1) is 6.91. The molecule has 0 aliphatic carbocycles. The number of hydrogen-bond donors (Lipinski definition) is 2. The Bertz CT molecular complexity index is 397. The number of hydrogen-bond acceptors (Lipinski definition) is 3. The van der Waals surface area contributed by atoms with Crippen molar-refractivity contribution in [2.75, 3.05) is 0 Å². The molecule has 1 aromatic rings. The van der Waals surface area contributed by atoms with Gasteiger partial charge in [-0.2, -0.15) is 5.10 Å². The molecule has 0 spiro atoms. The van der Waals surface area contributed by atoms with Gasteiger partial charge in [0.15, 0.2) is 5.69 Å². The second kappa shape index (κ2) is 4.12. The van der Waals surface area contributed by atoms with Crippen molar-refractivity contribution in [1.29, 1.82) is 0 Å². The number of aromatic nitrogens is 2. The van der Waals surface area contributed by atoms with Gasteiger partial charge in [-0.3, -0.25) is 9.48 Å². The molecule has 0 aliphatic heterocycles. The normalized spacial score (nSPS) is 12.4. The number of aryl methyl sites for hydroxylation is 1. The van der Waals surface area contributed by atoms with Crippen LogP contribution in [0.2, 0.25) is 0 Å². The molecular formula is C9H12N2O4. The van der Waals surface area contributed by atoms with Gasteiger partial charge >= 0.3 is 11.9 Å². The molecule has 0 amide bonds. The SMILES string of the molecule is CC(CC(=O)O)c1cn(C)nc1C(=O)O. The van der Waals surface area contributed by atoms with E-state index in [2.05, 4.69) is 5.10 Å². The van der Waals surface area contributed by atoms with E-state index in [1.54, 1.807) is 14.0 Å². The van der Waals surface area contributed by atoms with Crippen LogP contribution in [0, 0.1) is 0 Å². The van der Waals surface area contributed by atoms with E-state index in [0.29, 0.717) is 5.56 Å². The molecule has 6 nitrogen and oxygen atoms in total. The molecule has 0 aromatic carbocycles. The average molecular weight is 212 g/mol. The third-order valence-corrected chi connectivity index (χ3v) is 2.07. The molecule has 1 heterocycles. The molecule has 2 N–H and O–H groups in total. The Morgan fingerprint density at radius 2 is 2.13 bits per heavy atom. The zero-order valence-electron chi connectivity index (χ0n) is 8.47. The Balaban J connectivity index is 3.01. The van der Waals surface area contributed by atoms with E-state index < -0.39 is 11.9 Å². The molecule has 15 heavy (non-hydrogen) atoms. The lowest BCUT2D eigenvalue weighted by atomic mass is 9.98. The van der Waals surface area contributed by atoms with Crippen molar-refractivity contribution in [3.63, 3.8) is 0 Å². The summed E-state index contributed by atoms with van der Waals surface area (Å²) in [6.45, 7) is 1.66. The van der Waals surface area contributed by atoms with Crippen LogP contribution in [0.1, 0.15) is 35.3 Å². The van der Waals surface area contributed by atoms with Crippen molar-refractivity contribution in [1.82, 2.24) is 9.78 Å². The minimum atomic E-state index is -1.14. The van der Waals surface area contributed by atoms with E-state index >= 15 is 0 Å². The van der Waals surface area contributed by atoms with Gasteiger partial charge in [-0.05, 0) is 5.92 Å². The van der Waals surface area contributed by atoms with Crippen molar-refractivity contribution >= 4 is 11.9 Å². The van der Waals surface area contributed by atoms with Gasteiger partial charge in [0.05, 0.1) is 6.42 Å². The fourth-order valence-corrected chi connectivity index (χ4v) is 1.41. The van der Waals surface area contributed by atoms with Crippen LogP contribution >= 0.6 is 0 Å². The zero-order chi connectivity index (χ0) is 11.6. The Hall–Kier alpha value is -1.85. The van der Waals surface area contributed by atoms with Crippen LogP contribution in [0.3, 0.4) is 0 Å². The summed E-state index contributed by atoms with van der Waals surface area (Å²) in [4.78, 5) is 21.3. The predicted molar refractivity (Wildman–Crippen MR) is 50.8 cm³/mol. The smallest absolute Gasteiger partial charge is 0.356 e. The number of carboxylic acids is 2. The van der Waals surface area contributed by atoms with Crippen LogP contribution in [0.4, 0.5) is 0 Å². The van der Waals surface area contributed by atoms with E-state index in [1.165, 1.54) is 10.9 Å². The summed E-state index contributed by atoms with van der Waals surface area (Å²) in [7, 11) is 1.60. The quantitative estimate of drug-likeness (QED) is 0.766. The molecule has 82 valence electrons. The number of aliphatic carboxylic acids is 1. The first kappa shape index (κ1) is 11.2. The number of carboxylic acid groups (broad SMARTS) is 2. The van der Waals surface area contributed by atoms with Crippen molar-refractivity contribution in [2.24, 2.45) is 7.05 Å². The van der Waals surface area contributed by atoms with Crippen LogP contribution in [0.5, 0.6) is 0 Å². The Kier molecular flexibility index (Phi) is 3.08. The van der Waals surface area contributed by atoms with Crippen LogP contribution in [0.25, 0.3) is 0 Å². The molecule has 0 fully saturated rings. The zero-order valence-corrected chi connectivity index (χ0v) is 8.47. The maximum Gasteiger partial charge on any atom is 0.356 e. The minimum Gasteiger partial charge on any atom is -0.481 e. The van der Waals surface area contributed by atoms with Gasteiger partial charge in [0, 0.05) is 18.8 Å². The van der Waals surface area contributed by atoms with Crippen LogP contribution in [-0.2, 0) is 11.8 Å². The van der Waals surface area contributed by atoms with E-state index in [0.717, 1.165) is 0 Å². The van der Waals surface area contributed by atoms with Crippen LogP contribution in [-0.4, -0.2) is 31.9 Å². The highest BCUT2D eigenvalue weighted by atomic mass is 16.4. The van der Waals surface area contributed by atoms with Crippen molar-refractivity contribution < 1.29 is 19.8 Å². The Morgan fingerprint density at radius 3 is 2.60 bits per heavy atom. The largest absolute Gasteiger partial charge is 0.481 e. The average Bonchev–Trinajstić information content (AvgIpc) is 2.46. The standard InChI is InChI=1S/C9H12N2O4/c1-5(3-7(12)13)6-4-11(2)10-8(6)9(14)15/h4-5H,3H2,1-2H3,(H,12,13)(H,14,15). The number of nitrogens with zero attached hydrogens (tertiary/aromatic N) is 2. The van der Waals surface area contributed by atoms with Crippen LogP contribution < -0.4 is 0 Å². The Morgan fingerprint density at radius 1 is 1.53 bits per heavy atom. The maximum absolute atomic E-state index is 10.8. The van der Waals surface area contributed by atoms with Gasteiger partial charge < -0.3 is 10.2 Å².